The Bertz CT molecular complexity index is 871. The summed E-state index contributed by atoms with van der Waals surface area (Å²) >= 11 is 8.36. The van der Waals surface area contributed by atoms with Crippen molar-refractivity contribution in [1.82, 2.24) is 5.43 Å². The maximum Gasteiger partial charge on any atom is 0.271 e. The summed E-state index contributed by atoms with van der Waals surface area (Å²) in [4.78, 5) is 12.2. The minimum Gasteiger partial charge on any atom is -0.496 e. The minimum absolute atomic E-state index is 0.305. The van der Waals surface area contributed by atoms with Gasteiger partial charge in [-0.3, -0.25) is 4.79 Å². The number of nitrogens with zero attached hydrogens (tertiary/aromatic N) is 1. The number of nitrogens with one attached hydrogen (secondary N) is 1. The molecule has 0 saturated heterocycles. The van der Waals surface area contributed by atoms with Gasteiger partial charge in [0.05, 0.1) is 29.0 Å². The van der Waals surface area contributed by atoms with Crippen LogP contribution in [0.1, 0.15) is 15.9 Å². The van der Waals surface area contributed by atoms with Gasteiger partial charge in [0.2, 0.25) is 0 Å². The highest BCUT2D eigenvalue weighted by molar-refractivity contribution is 14.1. The Morgan fingerprint density at radius 1 is 1.26 bits per heavy atom. The fraction of sp³-hybridized carbons (Fsp3) is 0.158. The van der Waals surface area contributed by atoms with Crippen LogP contribution < -0.4 is 19.6 Å². The Balaban J connectivity index is 2.12. The summed E-state index contributed by atoms with van der Waals surface area (Å²) in [6, 6.07) is 8.50. The highest BCUT2D eigenvalue weighted by atomic mass is 127. The molecule has 0 fully saturated rings. The van der Waals surface area contributed by atoms with Crippen molar-refractivity contribution in [3.05, 3.63) is 62.7 Å². The van der Waals surface area contributed by atoms with Crippen LogP contribution in [0.5, 0.6) is 17.2 Å². The standard InChI is InChI=1S/C19H18ClIN2O4/c1-4-7-27-18-14(20)8-12(9-17(18)26-3)11-22-23-19(24)13-5-6-15(21)16(10-13)25-2/h4-6,8-11H,1,7H2,2-3H3,(H,23,24)/b22-11-. The summed E-state index contributed by atoms with van der Waals surface area (Å²) < 4.78 is 16.9. The van der Waals surface area contributed by atoms with Gasteiger partial charge in [-0.2, -0.15) is 5.10 Å². The molecule has 2 rings (SSSR count). The number of methoxy groups -OCH3 is 2. The molecule has 0 spiro atoms. The Kier molecular flexibility index (Phi) is 7.93. The van der Waals surface area contributed by atoms with Gasteiger partial charge in [-0.15, -0.1) is 0 Å². The number of rotatable bonds is 8. The molecule has 2 aromatic carbocycles. The van der Waals surface area contributed by atoms with Gasteiger partial charge < -0.3 is 14.2 Å². The molecule has 0 unspecified atom stereocenters. The van der Waals surface area contributed by atoms with Crippen molar-refractivity contribution in [3.63, 3.8) is 0 Å². The molecule has 1 amide bonds. The lowest BCUT2D eigenvalue weighted by Gasteiger charge is -2.11. The van der Waals surface area contributed by atoms with Crippen LogP contribution in [-0.4, -0.2) is 32.9 Å². The lowest BCUT2D eigenvalue weighted by Crippen LogP contribution is -2.17. The van der Waals surface area contributed by atoms with E-state index in [1.54, 1.807) is 43.5 Å². The predicted molar refractivity (Wildman–Crippen MR) is 114 cm³/mol. The second-order valence-corrected chi connectivity index (χ2v) is 6.75. The van der Waals surface area contributed by atoms with Crippen molar-refractivity contribution < 1.29 is 19.0 Å². The molecule has 0 aliphatic heterocycles. The third-order valence-corrected chi connectivity index (χ3v) is 4.56. The van der Waals surface area contributed by atoms with E-state index in [1.807, 2.05) is 0 Å². The van der Waals surface area contributed by atoms with E-state index in [4.69, 9.17) is 25.8 Å². The number of amides is 1. The fourth-order valence-electron chi connectivity index (χ4n) is 2.13. The number of benzene rings is 2. The molecule has 0 atom stereocenters. The molecular formula is C19H18ClIN2O4. The van der Waals surface area contributed by atoms with Crippen LogP contribution in [0, 0.1) is 3.57 Å². The van der Waals surface area contributed by atoms with Crippen molar-refractivity contribution in [2.45, 2.75) is 0 Å². The van der Waals surface area contributed by atoms with E-state index in [1.165, 1.54) is 13.3 Å². The largest absolute Gasteiger partial charge is 0.496 e. The molecule has 8 heteroatoms. The first-order valence-corrected chi connectivity index (χ1v) is 9.24. The summed E-state index contributed by atoms with van der Waals surface area (Å²) in [7, 11) is 3.07. The van der Waals surface area contributed by atoms with Crippen molar-refractivity contribution in [1.29, 1.82) is 0 Å². The molecule has 0 radical (unpaired) electrons. The van der Waals surface area contributed by atoms with Crippen LogP contribution in [0.25, 0.3) is 0 Å². The summed E-state index contributed by atoms with van der Waals surface area (Å²) in [5, 5.41) is 4.33. The molecule has 142 valence electrons. The quantitative estimate of drug-likeness (QED) is 0.254. The number of hydrogen-bond donors (Lipinski definition) is 1. The van der Waals surface area contributed by atoms with Crippen LogP contribution in [0.4, 0.5) is 0 Å². The molecule has 0 saturated carbocycles. The average molecular weight is 501 g/mol. The van der Waals surface area contributed by atoms with Gasteiger partial charge in [0, 0.05) is 5.56 Å². The molecule has 0 aliphatic rings. The average Bonchev–Trinajstić information content (AvgIpc) is 2.67. The summed E-state index contributed by atoms with van der Waals surface area (Å²) in [5.41, 5.74) is 3.55. The number of hydrogen-bond acceptors (Lipinski definition) is 5. The fourth-order valence-corrected chi connectivity index (χ4v) is 2.96. The molecule has 1 N–H and O–H groups in total. The molecular weight excluding hydrogens is 483 g/mol. The number of halogens is 2. The maximum atomic E-state index is 12.2. The Morgan fingerprint density at radius 3 is 2.67 bits per heavy atom. The van der Waals surface area contributed by atoms with Gasteiger partial charge in [-0.05, 0) is 58.5 Å². The monoisotopic (exact) mass is 500 g/mol. The van der Waals surface area contributed by atoms with Gasteiger partial charge in [0.25, 0.3) is 5.91 Å². The topological polar surface area (TPSA) is 69.2 Å². The molecule has 0 bridgehead atoms. The number of hydrazone groups is 1. The first-order valence-electron chi connectivity index (χ1n) is 7.78. The van der Waals surface area contributed by atoms with E-state index in [-0.39, 0.29) is 5.91 Å². The third kappa shape index (κ3) is 5.61. The summed E-state index contributed by atoms with van der Waals surface area (Å²) in [6.07, 6.45) is 3.08. The van der Waals surface area contributed by atoms with Crippen molar-refractivity contribution in [3.8, 4) is 17.2 Å². The second-order valence-electron chi connectivity index (χ2n) is 5.18. The smallest absolute Gasteiger partial charge is 0.271 e. The molecule has 27 heavy (non-hydrogen) atoms. The van der Waals surface area contributed by atoms with Crippen LogP contribution in [0.3, 0.4) is 0 Å². The molecule has 0 heterocycles. The molecule has 6 nitrogen and oxygen atoms in total. The van der Waals surface area contributed by atoms with Crippen molar-refractivity contribution in [2.24, 2.45) is 5.10 Å². The van der Waals surface area contributed by atoms with Crippen LogP contribution >= 0.6 is 34.2 Å². The first-order chi connectivity index (χ1) is 13.0. The van der Waals surface area contributed by atoms with Crippen LogP contribution in [0.15, 0.2) is 48.1 Å². The van der Waals surface area contributed by atoms with E-state index in [9.17, 15) is 4.79 Å². The SMILES string of the molecule is C=CCOc1c(Cl)cc(/C=N\NC(=O)c2ccc(I)c(OC)c2)cc1OC. The van der Waals surface area contributed by atoms with Gasteiger partial charge in [0.1, 0.15) is 12.4 Å². The number of ether oxygens (including phenoxy) is 3. The normalized spacial score (nSPS) is 10.5. The van der Waals surface area contributed by atoms with E-state index in [0.29, 0.717) is 40.0 Å². The summed E-state index contributed by atoms with van der Waals surface area (Å²) in [5.74, 6) is 1.15. The zero-order valence-corrected chi connectivity index (χ0v) is 17.7. The lowest BCUT2D eigenvalue weighted by atomic mass is 10.2. The van der Waals surface area contributed by atoms with Crippen molar-refractivity contribution >= 4 is 46.3 Å². The minimum atomic E-state index is -0.357. The summed E-state index contributed by atoms with van der Waals surface area (Å²) in [6.45, 7) is 3.90. The second kappa shape index (κ2) is 10.2. The zero-order valence-electron chi connectivity index (χ0n) is 14.8. The third-order valence-electron chi connectivity index (χ3n) is 3.39. The van der Waals surface area contributed by atoms with Gasteiger partial charge in [0.15, 0.2) is 11.5 Å². The van der Waals surface area contributed by atoms with Crippen LogP contribution in [-0.2, 0) is 0 Å². The lowest BCUT2D eigenvalue weighted by molar-refractivity contribution is 0.0954. The number of carbonyl (C=O) groups excluding carboxylic acids is 1. The van der Waals surface area contributed by atoms with Gasteiger partial charge in [-0.1, -0.05) is 24.3 Å². The molecule has 0 aliphatic carbocycles. The maximum absolute atomic E-state index is 12.2. The predicted octanol–water partition coefficient (Wildman–Crippen LogP) is 4.29. The van der Waals surface area contributed by atoms with E-state index >= 15 is 0 Å². The molecule has 0 aromatic heterocycles. The van der Waals surface area contributed by atoms with E-state index < -0.39 is 0 Å². The van der Waals surface area contributed by atoms with E-state index in [2.05, 4.69) is 39.7 Å². The van der Waals surface area contributed by atoms with Crippen molar-refractivity contribution in [2.75, 3.05) is 20.8 Å². The molecule has 2 aromatic rings. The first kappa shape index (κ1) is 21.0. The Morgan fingerprint density at radius 2 is 2.00 bits per heavy atom. The highest BCUT2D eigenvalue weighted by Gasteiger charge is 2.11. The Labute approximate surface area is 176 Å². The highest BCUT2D eigenvalue weighted by Crippen LogP contribution is 2.36. The van der Waals surface area contributed by atoms with Gasteiger partial charge in [-0.25, -0.2) is 5.43 Å². The Hall–Kier alpha value is -2.26. The zero-order chi connectivity index (χ0) is 19.8. The van der Waals surface area contributed by atoms with E-state index in [0.717, 1.165) is 3.57 Å². The number of carbonyl (C=O) groups is 1. The van der Waals surface area contributed by atoms with Crippen LogP contribution in [0.2, 0.25) is 5.02 Å². The van der Waals surface area contributed by atoms with Gasteiger partial charge >= 0.3 is 0 Å².